The van der Waals surface area contributed by atoms with Gasteiger partial charge >= 0.3 is 189 Å². The van der Waals surface area contributed by atoms with Crippen LogP contribution in [0.5, 0.6) is 0 Å². The topological polar surface area (TPSA) is 63.1 Å². The minimum absolute atomic E-state index is 0. The Labute approximate surface area is 300 Å². The quantitative estimate of drug-likeness (QED) is 0.0413. The van der Waals surface area contributed by atoms with Gasteiger partial charge in [0, 0.05) is 38.0 Å². The van der Waals surface area contributed by atoms with Gasteiger partial charge in [-0.15, -0.1) is 0 Å². The Balaban J connectivity index is 0.000000243. The number of hydrogen-bond donors (Lipinski definition) is 1. The summed E-state index contributed by atoms with van der Waals surface area (Å²) in [6.45, 7) is 8.07. The normalized spacial score (nSPS) is 12.5. The Morgan fingerprint density at radius 3 is 2.06 bits per heavy atom. The number of rotatable bonds is 8. The summed E-state index contributed by atoms with van der Waals surface area (Å²) in [4.78, 5) is 21.3. The van der Waals surface area contributed by atoms with Crippen LogP contribution < -0.4 is 4.40 Å². The molecule has 6 heteroatoms. The second-order valence-electron chi connectivity index (χ2n) is 13.8. The van der Waals surface area contributed by atoms with Gasteiger partial charge in [-0.2, -0.15) is 0 Å². The standard InChI is InChI=1S/C29H21GeN2.C13H24O2.Ir/c1-30(2,3)19-11-12-22-24(15-19)21-10-6-9-20-23-13-17-7-4-5-8-18(17)14-25(23)29-27(26(20)21)28(22)31-16-32-29;1-5-10(6-2)12(14)9-13(15)11(7-3)8-4;/h4-13,15-16H,1-3H3;9-11,14H,5-8H2,1-4H3;/q-1;;/b;12-9-;. The number of fused-ring (bicyclic) bond motifs is 7. The Hall–Kier alpha value is -3.38. The Bertz CT molecular complexity index is 2280. The van der Waals surface area contributed by atoms with Gasteiger partial charge in [0.1, 0.15) is 0 Å². The molecular weight excluding hydrogens is 829 g/mol. The van der Waals surface area contributed by atoms with Gasteiger partial charge in [0.05, 0.1) is 5.76 Å². The minimum atomic E-state index is -1.98. The molecule has 7 aromatic rings. The molecule has 0 aliphatic rings. The molecule has 7 rings (SSSR count). The SMILES string of the molecule is CCC(CC)C(=O)/C=C(\O)C(CC)CC.[CH3][Ge]([CH3])([CH3])[c]1ccc2c(c1)c1cccc3c4cc5ccccc5[c-]c4c4ncnc2c4c31.[Ir]. The van der Waals surface area contributed by atoms with E-state index in [0.29, 0.717) is 0 Å². The summed E-state index contributed by atoms with van der Waals surface area (Å²) in [5, 5.41) is 21.9. The van der Waals surface area contributed by atoms with Crippen LogP contribution in [-0.4, -0.2) is 34.1 Å². The third kappa shape index (κ3) is 6.50. The molecule has 1 N–H and O–H groups in total. The molecule has 0 aliphatic heterocycles. The molecule has 0 aliphatic carbocycles. The van der Waals surface area contributed by atoms with Crippen molar-refractivity contribution in [3.8, 4) is 0 Å². The maximum atomic E-state index is 11.7. The third-order valence-electron chi connectivity index (χ3n) is 9.99. The van der Waals surface area contributed by atoms with Crippen LogP contribution in [0.2, 0.25) is 17.3 Å². The van der Waals surface area contributed by atoms with Crippen molar-refractivity contribution in [3.05, 3.63) is 91.0 Å². The molecule has 48 heavy (non-hydrogen) atoms. The largest absolute Gasteiger partial charge is 0 e. The number of aliphatic hydroxyl groups excluding tert-OH is 1. The van der Waals surface area contributed by atoms with E-state index in [1.807, 2.05) is 27.7 Å². The first kappa shape index (κ1) is 35.9. The summed E-state index contributed by atoms with van der Waals surface area (Å²) in [5.41, 5.74) is 2.05. The van der Waals surface area contributed by atoms with Crippen LogP contribution in [0, 0.1) is 17.9 Å². The van der Waals surface area contributed by atoms with E-state index in [1.165, 1.54) is 48.2 Å². The van der Waals surface area contributed by atoms with Crippen molar-refractivity contribution in [3.63, 3.8) is 0 Å². The van der Waals surface area contributed by atoms with Gasteiger partial charge in [-0.05, 0) is 25.7 Å². The first-order valence-electron chi connectivity index (χ1n) is 17.1. The second kappa shape index (κ2) is 14.6. The molecule has 0 saturated heterocycles. The number of nitrogens with zero attached hydrogens (tertiary/aromatic N) is 2. The average Bonchev–Trinajstić information content (AvgIpc) is 3.08. The number of ketones is 1. The van der Waals surface area contributed by atoms with Crippen LogP contribution >= 0.6 is 0 Å². The van der Waals surface area contributed by atoms with Crippen molar-refractivity contribution in [1.82, 2.24) is 9.97 Å². The molecule has 0 spiro atoms. The fourth-order valence-electron chi connectivity index (χ4n) is 7.07. The molecule has 0 saturated carbocycles. The summed E-state index contributed by atoms with van der Waals surface area (Å²) >= 11 is -1.98. The predicted octanol–water partition coefficient (Wildman–Crippen LogP) is 11.0. The van der Waals surface area contributed by atoms with E-state index in [-0.39, 0.29) is 43.5 Å². The van der Waals surface area contributed by atoms with Crippen molar-refractivity contribution in [2.24, 2.45) is 11.8 Å². The van der Waals surface area contributed by atoms with Crippen molar-refractivity contribution >= 4 is 88.3 Å². The fourth-order valence-corrected chi connectivity index (χ4v) is 9.51. The van der Waals surface area contributed by atoms with Gasteiger partial charge in [0.15, 0.2) is 5.78 Å². The Morgan fingerprint density at radius 2 is 1.40 bits per heavy atom. The molecule has 0 fully saturated rings. The molecule has 1 aromatic heterocycles. The molecule has 0 amide bonds. The number of allylic oxidation sites excluding steroid dienone is 2. The Morgan fingerprint density at radius 1 is 0.750 bits per heavy atom. The molecule has 1 radical (unpaired) electrons. The summed E-state index contributed by atoms with van der Waals surface area (Å²) in [5.74, 6) is 7.91. The molecule has 6 aromatic carbocycles. The van der Waals surface area contributed by atoms with E-state index in [1.54, 1.807) is 6.33 Å². The molecule has 0 atom stereocenters. The van der Waals surface area contributed by atoms with Crippen LogP contribution in [-0.2, 0) is 24.9 Å². The molecule has 1 heterocycles. The fraction of sp³-hybridized carbons (Fsp3) is 0.310. The van der Waals surface area contributed by atoms with E-state index in [9.17, 15) is 9.90 Å². The number of aromatic nitrogens is 2. The summed E-state index contributed by atoms with van der Waals surface area (Å²) in [7, 11) is 0. The average molecular weight is 875 g/mol. The van der Waals surface area contributed by atoms with Crippen molar-refractivity contribution in [2.45, 2.75) is 70.6 Å². The zero-order valence-corrected chi connectivity index (χ0v) is 33.6. The number of aliphatic hydroxyl groups is 1. The summed E-state index contributed by atoms with van der Waals surface area (Å²) in [6, 6.07) is 28.2. The van der Waals surface area contributed by atoms with Crippen molar-refractivity contribution in [2.75, 3.05) is 0 Å². The van der Waals surface area contributed by atoms with Crippen LogP contribution in [0.15, 0.2) is 84.9 Å². The molecular formula is C42H45GeIrN2O2-. The van der Waals surface area contributed by atoms with Gasteiger partial charge in [-0.1, -0.05) is 27.7 Å². The number of carbonyl (C=O) groups is 1. The zero-order valence-electron chi connectivity index (χ0n) is 29.1. The molecule has 4 nitrogen and oxygen atoms in total. The first-order valence-corrected chi connectivity index (χ1v) is 24.5. The van der Waals surface area contributed by atoms with Gasteiger partial charge in [-0.3, -0.25) is 4.79 Å². The van der Waals surface area contributed by atoms with Crippen molar-refractivity contribution in [1.29, 1.82) is 0 Å². The second-order valence-corrected chi connectivity index (χ2v) is 24.5. The van der Waals surface area contributed by atoms with E-state index in [0.717, 1.165) is 52.9 Å². The van der Waals surface area contributed by atoms with Gasteiger partial charge in [0.2, 0.25) is 0 Å². The van der Waals surface area contributed by atoms with Gasteiger partial charge < -0.3 is 5.11 Å². The monoisotopic (exact) mass is 876 g/mol. The van der Waals surface area contributed by atoms with Crippen LogP contribution in [0.4, 0.5) is 0 Å². The maximum absolute atomic E-state index is 11.7. The summed E-state index contributed by atoms with van der Waals surface area (Å²) < 4.78 is 1.52. The number of benzene rings is 6. The predicted molar refractivity (Wildman–Crippen MR) is 204 cm³/mol. The zero-order chi connectivity index (χ0) is 33.5. The Kier molecular flexibility index (Phi) is 10.9. The van der Waals surface area contributed by atoms with E-state index in [4.69, 9.17) is 9.97 Å². The first-order chi connectivity index (χ1) is 22.6. The van der Waals surface area contributed by atoms with Gasteiger partial charge in [0.25, 0.3) is 0 Å². The smallest absolute Gasteiger partial charge is 0 e. The van der Waals surface area contributed by atoms with Crippen LogP contribution in [0.1, 0.15) is 53.4 Å². The number of carbonyl (C=O) groups excluding carboxylic acids is 1. The van der Waals surface area contributed by atoms with E-state index < -0.39 is 13.3 Å². The maximum Gasteiger partial charge on any atom is 0 e. The van der Waals surface area contributed by atoms with Gasteiger partial charge in [-0.25, -0.2) is 0 Å². The third-order valence-corrected chi connectivity index (χ3v) is 14.3. The molecule has 0 unspecified atom stereocenters. The minimum Gasteiger partial charge on any atom is 0 e. The summed E-state index contributed by atoms with van der Waals surface area (Å²) in [6.07, 6.45) is 6.63. The van der Waals surface area contributed by atoms with Crippen LogP contribution in [0.25, 0.3) is 64.9 Å². The molecule has 0 bridgehead atoms. The number of hydrogen-bond acceptors (Lipinski definition) is 4. The van der Waals surface area contributed by atoms with Crippen molar-refractivity contribution < 1.29 is 30.0 Å². The van der Waals surface area contributed by atoms with Crippen LogP contribution in [0.3, 0.4) is 0 Å². The molecule has 249 valence electrons. The van der Waals surface area contributed by atoms with E-state index >= 15 is 0 Å². The van der Waals surface area contributed by atoms with E-state index in [2.05, 4.69) is 90.1 Å².